The predicted molar refractivity (Wildman–Crippen MR) is 124 cm³/mol. The lowest BCUT2D eigenvalue weighted by molar-refractivity contribution is -0.143. The van der Waals surface area contributed by atoms with Gasteiger partial charge in [-0.15, -0.1) is 0 Å². The summed E-state index contributed by atoms with van der Waals surface area (Å²) in [4.78, 5) is 29.0. The van der Waals surface area contributed by atoms with Crippen molar-refractivity contribution in [3.05, 3.63) is 52.8 Å². The molecule has 0 fully saturated rings. The number of fused-ring (bicyclic) bond motifs is 1. The van der Waals surface area contributed by atoms with E-state index < -0.39 is 27.5 Å². The van der Waals surface area contributed by atoms with Gasteiger partial charge in [0.15, 0.2) is 26.1 Å². The number of carbonyl (C=O) groups is 2. The lowest BCUT2D eigenvalue weighted by atomic mass is 10.2. The first kappa shape index (κ1) is 24.5. The molecule has 176 valence electrons. The number of esters is 1. The van der Waals surface area contributed by atoms with Gasteiger partial charge >= 0.3 is 5.97 Å². The zero-order chi connectivity index (χ0) is 24.0. The Morgan fingerprint density at radius 2 is 1.73 bits per heavy atom. The third kappa shape index (κ3) is 6.20. The van der Waals surface area contributed by atoms with Crippen molar-refractivity contribution in [2.45, 2.75) is 19.2 Å². The van der Waals surface area contributed by atoms with Crippen molar-refractivity contribution < 1.29 is 32.2 Å². The molecule has 0 atom stereocenters. The van der Waals surface area contributed by atoms with Gasteiger partial charge in [-0.25, -0.2) is 8.42 Å². The SMILES string of the molecule is CCOC(=O)Cn1c(=NC(=O)CS(=O)(=O)Cc2ccccc2)sc2cc(OC)c(OC)cc21. The Balaban J connectivity index is 2.00. The van der Waals surface area contributed by atoms with Crippen molar-refractivity contribution in [3.8, 4) is 11.5 Å². The maximum Gasteiger partial charge on any atom is 0.326 e. The lowest BCUT2D eigenvalue weighted by Crippen LogP contribution is -2.25. The van der Waals surface area contributed by atoms with E-state index in [2.05, 4.69) is 4.99 Å². The van der Waals surface area contributed by atoms with Gasteiger partial charge in [-0.2, -0.15) is 4.99 Å². The van der Waals surface area contributed by atoms with E-state index >= 15 is 0 Å². The molecule has 0 spiro atoms. The molecule has 0 unspecified atom stereocenters. The fraction of sp³-hybridized carbons (Fsp3) is 0.318. The van der Waals surface area contributed by atoms with Gasteiger partial charge in [0.25, 0.3) is 5.91 Å². The topological polar surface area (TPSA) is 113 Å². The van der Waals surface area contributed by atoms with E-state index in [1.807, 2.05) is 0 Å². The van der Waals surface area contributed by atoms with Gasteiger partial charge in [0.05, 0.1) is 36.8 Å². The Hall–Kier alpha value is -3.18. The van der Waals surface area contributed by atoms with Crippen LogP contribution in [0.25, 0.3) is 10.2 Å². The van der Waals surface area contributed by atoms with Gasteiger partial charge < -0.3 is 18.8 Å². The normalized spacial score (nSPS) is 12.0. The Morgan fingerprint density at radius 3 is 2.36 bits per heavy atom. The Bertz CT molecular complexity index is 1330. The number of aromatic nitrogens is 1. The molecule has 0 saturated heterocycles. The third-order valence-corrected chi connectivity index (χ3v) is 7.07. The van der Waals surface area contributed by atoms with Crippen LogP contribution in [0.15, 0.2) is 47.5 Å². The van der Waals surface area contributed by atoms with Gasteiger partial charge in [-0.05, 0) is 12.5 Å². The summed E-state index contributed by atoms with van der Waals surface area (Å²) >= 11 is 1.13. The number of nitrogens with zero attached hydrogens (tertiary/aromatic N) is 2. The number of rotatable bonds is 9. The van der Waals surface area contributed by atoms with Crippen molar-refractivity contribution in [3.63, 3.8) is 0 Å². The van der Waals surface area contributed by atoms with Crippen LogP contribution in [0.4, 0.5) is 0 Å². The highest BCUT2D eigenvalue weighted by Crippen LogP contribution is 2.33. The van der Waals surface area contributed by atoms with Crippen LogP contribution in [-0.2, 0) is 36.5 Å². The summed E-state index contributed by atoms with van der Waals surface area (Å²) in [5, 5.41) is 0. The Morgan fingerprint density at radius 1 is 1.06 bits per heavy atom. The molecule has 0 N–H and O–H groups in total. The van der Waals surface area contributed by atoms with Crippen molar-refractivity contribution in [2.24, 2.45) is 4.99 Å². The molecular formula is C22H24N2O7S2. The molecule has 2 aromatic carbocycles. The maximum atomic E-state index is 12.6. The molecule has 0 bridgehead atoms. The predicted octanol–water partition coefficient (Wildman–Crippen LogP) is 2.33. The minimum absolute atomic E-state index is 0.174. The minimum atomic E-state index is -3.73. The van der Waals surface area contributed by atoms with Gasteiger partial charge in [0.1, 0.15) is 12.3 Å². The first-order valence-corrected chi connectivity index (χ1v) is 12.6. The highest BCUT2D eigenvalue weighted by atomic mass is 32.2. The fourth-order valence-electron chi connectivity index (χ4n) is 3.18. The molecule has 1 heterocycles. The van der Waals surface area contributed by atoms with Crippen LogP contribution >= 0.6 is 11.3 Å². The largest absolute Gasteiger partial charge is 0.493 e. The number of carbonyl (C=O) groups excluding carboxylic acids is 2. The Kier molecular flexibility index (Phi) is 7.88. The van der Waals surface area contributed by atoms with Crippen LogP contribution in [0.3, 0.4) is 0 Å². The van der Waals surface area contributed by atoms with E-state index in [1.54, 1.807) is 49.4 Å². The zero-order valence-electron chi connectivity index (χ0n) is 18.4. The quantitative estimate of drug-likeness (QED) is 0.421. The fourth-order valence-corrected chi connectivity index (χ4v) is 5.48. The number of amides is 1. The van der Waals surface area contributed by atoms with Gasteiger partial charge in [0.2, 0.25) is 0 Å². The number of ether oxygens (including phenoxy) is 3. The van der Waals surface area contributed by atoms with Crippen LogP contribution in [-0.4, -0.2) is 51.4 Å². The molecule has 1 aromatic heterocycles. The standard InChI is InChI=1S/C22H24N2O7S2/c1-4-31-21(26)12-24-16-10-17(29-2)18(30-3)11-19(16)32-22(24)23-20(25)14-33(27,28)13-15-8-6-5-7-9-15/h5-11H,4,12-14H2,1-3H3. The first-order chi connectivity index (χ1) is 15.8. The molecule has 0 saturated carbocycles. The highest BCUT2D eigenvalue weighted by molar-refractivity contribution is 7.91. The van der Waals surface area contributed by atoms with Crippen molar-refractivity contribution in [2.75, 3.05) is 26.6 Å². The molecular weight excluding hydrogens is 468 g/mol. The summed E-state index contributed by atoms with van der Waals surface area (Å²) in [5.41, 5.74) is 1.16. The molecule has 0 aliphatic heterocycles. The number of hydrogen-bond donors (Lipinski definition) is 0. The summed E-state index contributed by atoms with van der Waals surface area (Å²) in [6.07, 6.45) is 0. The lowest BCUT2D eigenvalue weighted by Gasteiger charge is -2.09. The number of methoxy groups -OCH3 is 2. The summed E-state index contributed by atoms with van der Waals surface area (Å²) in [5.74, 6) is -1.45. The van der Waals surface area contributed by atoms with Gasteiger partial charge in [0, 0.05) is 12.1 Å². The van der Waals surface area contributed by atoms with E-state index in [4.69, 9.17) is 14.2 Å². The van der Waals surface area contributed by atoms with E-state index in [1.165, 1.54) is 18.8 Å². The zero-order valence-corrected chi connectivity index (χ0v) is 20.1. The Labute approximate surface area is 195 Å². The summed E-state index contributed by atoms with van der Waals surface area (Å²) < 4.78 is 42.9. The molecule has 0 radical (unpaired) electrons. The average Bonchev–Trinajstić information content (AvgIpc) is 3.08. The average molecular weight is 493 g/mol. The number of sulfone groups is 1. The summed E-state index contributed by atoms with van der Waals surface area (Å²) in [7, 11) is -0.749. The maximum absolute atomic E-state index is 12.6. The van der Waals surface area contributed by atoms with Gasteiger partial charge in [-0.3, -0.25) is 9.59 Å². The first-order valence-electron chi connectivity index (χ1n) is 9.99. The van der Waals surface area contributed by atoms with Crippen LogP contribution in [0.2, 0.25) is 0 Å². The van der Waals surface area contributed by atoms with E-state index in [0.717, 1.165) is 11.3 Å². The molecule has 1 amide bonds. The van der Waals surface area contributed by atoms with Crippen molar-refractivity contribution in [1.29, 1.82) is 0 Å². The van der Waals surface area contributed by atoms with Crippen LogP contribution in [0.5, 0.6) is 11.5 Å². The number of benzene rings is 2. The molecule has 9 nitrogen and oxygen atoms in total. The van der Waals surface area contributed by atoms with Crippen LogP contribution < -0.4 is 14.3 Å². The molecule has 0 aliphatic rings. The van der Waals surface area contributed by atoms with Crippen LogP contribution in [0, 0.1) is 0 Å². The smallest absolute Gasteiger partial charge is 0.326 e. The van der Waals surface area contributed by atoms with E-state index in [9.17, 15) is 18.0 Å². The second-order valence-electron chi connectivity index (χ2n) is 6.97. The molecule has 3 rings (SSSR count). The monoisotopic (exact) mass is 492 g/mol. The van der Waals surface area contributed by atoms with Crippen molar-refractivity contribution >= 4 is 43.3 Å². The van der Waals surface area contributed by atoms with Crippen molar-refractivity contribution in [1.82, 2.24) is 4.57 Å². The second-order valence-corrected chi connectivity index (χ2v) is 10.0. The van der Waals surface area contributed by atoms with E-state index in [0.29, 0.717) is 27.3 Å². The highest BCUT2D eigenvalue weighted by Gasteiger charge is 2.19. The van der Waals surface area contributed by atoms with Crippen LogP contribution in [0.1, 0.15) is 12.5 Å². The molecule has 3 aromatic rings. The minimum Gasteiger partial charge on any atom is -0.493 e. The third-order valence-electron chi connectivity index (χ3n) is 4.57. The number of hydrogen-bond acceptors (Lipinski definition) is 8. The van der Waals surface area contributed by atoms with E-state index in [-0.39, 0.29) is 23.7 Å². The number of thiazole rings is 1. The van der Waals surface area contributed by atoms with Gasteiger partial charge in [-0.1, -0.05) is 41.7 Å². The molecule has 0 aliphatic carbocycles. The second kappa shape index (κ2) is 10.6. The summed E-state index contributed by atoms with van der Waals surface area (Å²) in [6, 6.07) is 12.0. The molecule has 11 heteroatoms. The molecule has 33 heavy (non-hydrogen) atoms. The summed E-state index contributed by atoms with van der Waals surface area (Å²) in [6.45, 7) is 1.68.